The van der Waals surface area contributed by atoms with E-state index in [1.54, 1.807) is 6.20 Å². The summed E-state index contributed by atoms with van der Waals surface area (Å²) >= 11 is 0. The highest BCUT2D eigenvalue weighted by Crippen LogP contribution is 2.25. The zero-order valence-corrected chi connectivity index (χ0v) is 13.0. The van der Waals surface area contributed by atoms with Gasteiger partial charge in [0, 0.05) is 24.2 Å². The second-order valence-corrected chi connectivity index (χ2v) is 6.19. The number of hydrogen-bond donors (Lipinski definition) is 1. The lowest BCUT2D eigenvalue weighted by molar-refractivity contribution is -0.125. The Morgan fingerprint density at radius 2 is 2.14 bits per heavy atom. The summed E-state index contributed by atoms with van der Waals surface area (Å²) in [6, 6.07) is 3.88. The molecular weight excluding hydrogens is 276 g/mol. The minimum absolute atomic E-state index is 0.112. The number of nitrogens with zero attached hydrogens (tertiary/aromatic N) is 1. The highest BCUT2D eigenvalue weighted by Gasteiger charge is 2.20. The fourth-order valence-corrected chi connectivity index (χ4v) is 3.19. The summed E-state index contributed by atoms with van der Waals surface area (Å²) in [6.07, 6.45) is 13.8. The highest BCUT2D eigenvalue weighted by atomic mass is 16.5. The van der Waals surface area contributed by atoms with E-state index < -0.39 is 0 Å². The second-order valence-electron chi connectivity index (χ2n) is 6.19. The van der Waals surface area contributed by atoms with Crippen LogP contribution in [0.1, 0.15) is 50.5 Å². The average molecular weight is 300 g/mol. The number of aromatic nitrogens is 1. The zero-order chi connectivity index (χ0) is 15.2. The normalized spacial score (nSPS) is 21.7. The Labute approximate surface area is 132 Å². The van der Waals surface area contributed by atoms with Gasteiger partial charge in [-0.05, 0) is 51.0 Å². The maximum atomic E-state index is 12.2. The number of hydrogen-bond acceptors (Lipinski definition) is 3. The number of nitrogens with one attached hydrogen (secondary N) is 1. The number of ether oxygens (including phenoxy) is 1. The molecule has 0 unspecified atom stereocenters. The molecular formula is C18H24N2O2. The highest BCUT2D eigenvalue weighted by molar-refractivity contribution is 5.79. The number of allylic oxidation sites excluding steroid dienone is 2. The first-order chi connectivity index (χ1) is 10.8. The Morgan fingerprint density at radius 1 is 1.27 bits per heavy atom. The molecule has 22 heavy (non-hydrogen) atoms. The van der Waals surface area contributed by atoms with E-state index in [0.29, 0.717) is 12.4 Å². The van der Waals surface area contributed by atoms with Gasteiger partial charge in [-0.3, -0.25) is 4.79 Å². The maximum absolute atomic E-state index is 12.2. The summed E-state index contributed by atoms with van der Waals surface area (Å²) in [5.74, 6) is 0.930. The third kappa shape index (κ3) is 3.87. The van der Waals surface area contributed by atoms with Crippen LogP contribution in [0.5, 0.6) is 5.88 Å². The molecule has 1 aromatic rings. The monoisotopic (exact) mass is 300 g/mol. The molecule has 1 atom stereocenters. The fourth-order valence-electron chi connectivity index (χ4n) is 3.19. The fraction of sp³-hybridized carbons (Fsp3) is 0.556. The number of rotatable bonds is 5. The summed E-state index contributed by atoms with van der Waals surface area (Å²) < 4.78 is 6.01. The van der Waals surface area contributed by atoms with E-state index in [-0.39, 0.29) is 17.9 Å². The van der Waals surface area contributed by atoms with Crippen molar-refractivity contribution in [3.05, 3.63) is 36.0 Å². The number of carbonyl (C=O) groups is 1. The van der Waals surface area contributed by atoms with Crippen molar-refractivity contribution in [2.24, 2.45) is 5.92 Å². The molecule has 0 aromatic carbocycles. The Hall–Kier alpha value is -1.84. The molecule has 1 heterocycles. The van der Waals surface area contributed by atoms with Gasteiger partial charge in [-0.15, -0.1) is 0 Å². The van der Waals surface area contributed by atoms with Crippen molar-refractivity contribution in [1.82, 2.24) is 10.3 Å². The van der Waals surface area contributed by atoms with Gasteiger partial charge >= 0.3 is 0 Å². The van der Waals surface area contributed by atoms with Crippen molar-refractivity contribution < 1.29 is 9.53 Å². The average Bonchev–Trinajstić information content (AvgIpc) is 3.07. The van der Waals surface area contributed by atoms with Crippen LogP contribution in [0.2, 0.25) is 0 Å². The Kier molecular flexibility index (Phi) is 5.09. The SMILES string of the molecule is O=C(NCc1cccnc1OC1CCCC1)[C@@H]1CC=CCC1. The quantitative estimate of drug-likeness (QED) is 0.848. The van der Waals surface area contributed by atoms with Gasteiger partial charge in [0.2, 0.25) is 11.8 Å². The molecule has 1 N–H and O–H groups in total. The number of amides is 1. The van der Waals surface area contributed by atoms with Crippen LogP contribution in [-0.4, -0.2) is 17.0 Å². The van der Waals surface area contributed by atoms with Crippen LogP contribution >= 0.6 is 0 Å². The van der Waals surface area contributed by atoms with Crippen molar-refractivity contribution in [3.63, 3.8) is 0 Å². The van der Waals surface area contributed by atoms with Crippen LogP contribution in [-0.2, 0) is 11.3 Å². The van der Waals surface area contributed by atoms with Crippen molar-refractivity contribution >= 4 is 5.91 Å². The third-order valence-corrected chi connectivity index (χ3v) is 4.52. The molecule has 4 nitrogen and oxygen atoms in total. The molecule has 3 rings (SSSR count). The van der Waals surface area contributed by atoms with E-state index in [4.69, 9.17) is 4.74 Å². The summed E-state index contributed by atoms with van der Waals surface area (Å²) in [5, 5.41) is 3.04. The van der Waals surface area contributed by atoms with E-state index in [0.717, 1.165) is 37.7 Å². The van der Waals surface area contributed by atoms with Crippen LogP contribution in [0.3, 0.4) is 0 Å². The first kappa shape index (κ1) is 15.1. The largest absolute Gasteiger partial charge is 0.474 e. The smallest absolute Gasteiger partial charge is 0.223 e. The lowest BCUT2D eigenvalue weighted by atomic mass is 9.93. The first-order valence-corrected chi connectivity index (χ1v) is 8.36. The molecule has 2 aliphatic carbocycles. The van der Waals surface area contributed by atoms with Crippen molar-refractivity contribution in [1.29, 1.82) is 0 Å². The number of carbonyl (C=O) groups excluding carboxylic acids is 1. The standard InChI is InChI=1S/C18H24N2O2/c21-17(14-7-2-1-3-8-14)20-13-15-9-6-12-19-18(15)22-16-10-4-5-11-16/h1-2,6,9,12,14,16H,3-5,7-8,10-11,13H2,(H,20,21)/t14-/m1/s1. The van der Waals surface area contributed by atoms with Crippen LogP contribution < -0.4 is 10.1 Å². The molecule has 0 radical (unpaired) electrons. The second kappa shape index (κ2) is 7.43. The number of pyridine rings is 1. The molecule has 0 spiro atoms. The third-order valence-electron chi connectivity index (χ3n) is 4.52. The molecule has 0 aliphatic heterocycles. The lowest BCUT2D eigenvalue weighted by Gasteiger charge is -2.18. The summed E-state index contributed by atoms with van der Waals surface area (Å²) in [6.45, 7) is 0.495. The molecule has 1 amide bonds. The van der Waals surface area contributed by atoms with Gasteiger partial charge < -0.3 is 10.1 Å². The zero-order valence-electron chi connectivity index (χ0n) is 13.0. The molecule has 1 aromatic heterocycles. The molecule has 2 aliphatic rings. The van der Waals surface area contributed by atoms with Gasteiger partial charge in [0.15, 0.2) is 0 Å². The minimum atomic E-state index is 0.112. The Bertz CT molecular complexity index is 536. The van der Waals surface area contributed by atoms with Gasteiger partial charge in [0.25, 0.3) is 0 Å². The topological polar surface area (TPSA) is 51.2 Å². The van der Waals surface area contributed by atoms with Crippen molar-refractivity contribution in [2.75, 3.05) is 0 Å². The van der Waals surface area contributed by atoms with E-state index in [9.17, 15) is 4.79 Å². The molecule has 4 heteroatoms. The van der Waals surface area contributed by atoms with Gasteiger partial charge in [-0.25, -0.2) is 4.98 Å². The first-order valence-electron chi connectivity index (χ1n) is 8.36. The molecule has 1 fully saturated rings. The summed E-state index contributed by atoms with van der Waals surface area (Å²) in [7, 11) is 0. The van der Waals surface area contributed by atoms with Crippen molar-refractivity contribution in [2.45, 2.75) is 57.6 Å². The summed E-state index contributed by atoms with van der Waals surface area (Å²) in [5.41, 5.74) is 0.967. The Balaban J connectivity index is 1.57. The van der Waals surface area contributed by atoms with Gasteiger partial charge in [0.05, 0.1) is 0 Å². The predicted molar refractivity (Wildman–Crippen MR) is 85.4 cm³/mol. The molecule has 118 valence electrons. The van der Waals surface area contributed by atoms with E-state index >= 15 is 0 Å². The van der Waals surface area contributed by atoms with E-state index in [2.05, 4.69) is 22.5 Å². The van der Waals surface area contributed by atoms with Gasteiger partial charge in [0.1, 0.15) is 6.10 Å². The predicted octanol–water partition coefficient (Wildman–Crippen LogP) is 3.38. The van der Waals surface area contributed by atoms with Crippen LogP contribution in [0, 0.1) is 5.92 Å². The van der Waals surface area contributed by atoms with Gasteiger partial charge in [-0.1, -0.05) is 18.2 Å². The lowest BCUT2D eigenvalue weighted by Crippen LogP contribution is -2.31. The van der Waals surface area contributed by atoms with E-state index in [1.165, 1.54) is 12.8 Å². The van der Waals surface area contributed by atoms with Crippen molar-refractivity contribution in [3.8, 4) is 5.88 Å². The minimum Gasteiger partial charge on any atom is -0.474 e. The van der Waals surface area contributed by atoms with E-state index in [1.807, 2.05) is 12.1 Å². The van der Waals surface area contributed by atoms with Gasteiger partial charge in [-0.2, -0.15) is 0 Å². The van der Waals surface area contributed by atoms with Crippen LogP contribution in [0.15, 0.2) is 30.5 Å². The molecule has 1 saturated carbocycles. The maximum Gasteiger partial charge on any atom is 0.223 e. The van der Waals surface area contributed by atoms with Crippen LogP contribution in [0.25, 0.3) is 0 Å². The molecule has 0 saturated heterocycles. The summed E-state index contributed by atoms with van der Waals surface area (Å²) in [4.78, 5) is 16.6. The Morgan fingerprint density at radius 3 is 2.91 bits per heavy atom. The van der Waals surface area contributed by atoms with Crippen LogP contribution in [0.4, 0.5) is 0 Å². The molecule has 0 bridgehead atoms.